The van der Waals surface area contributed by atoms with Gasteiger partial charge in [-0.3, -0.25) is 0 Å². The highest BCUT2D eigenvalue weighted by atomic mass is 31.2. The van der Waals surface area contributed by atoms with E-state index >= 15 is 4.57 Å². The van der Waals surface area contributed by atoms with Crippen LogP contribution in [0.25, 0.3) is 43.4 Å². The average Bonchev–Trinajstić information content (AvgIpc) is 3.27. The Morgan fingerprint density at radius 1 is 0.327 bits per heavy atom. The predicted octanol–water partition coefficient (Wildman–Crippen LogP) is 12.3. The van der Waals surface area contributed by atoms with Crippen LogP contribution >= 0.6 is 7.14 Å². The third kappa shape index (κ3) is 5.27. The minimum atomic E-state index is -3.06. The SMILES string of the molecule is O=P(c1ccccc1)(c1ccccc1)c1ccc(-c2ccc(C(c3ccccc3)(c3ccccc3)c3cc4cccc5ccc6cccc3c6c54)cc2)cc1. The van der Waals surface area contributed by atoms with E-state index in [2.05, 4.69) is 152 Å². The number of hydrogen-bond donors (Lipinski definition) is 0. The Balaban J connectivity index is 1.16. The van der Waals surface area contributed by atoms with Crippen LogP contribution in [-0.4, -0.2) is 0 Å². The van der Waals surface area contributed by atoms with Crippen molar-refractivity contribution < 1.29 is 4.57 Å². The summed E-state index contributed by atoms with van der Waals surface area (Å²) < 4.78 is 15.0. The molecule has 0 aliphatic heterocycles. The van der Waals surface area contributed by atoms with Gasteiger partial charge >= 0.3 is 0 Å². The van der Waals surface area contributed by atoms with Crippen LogP contribution in [0.3, 0.4) is 0 Å². The summed E-state index contributed by atoms with van der Waals surface area (Å²) in [7, 11) is -3.06. The Bertz CT molecular complexity index is 2870. The molecule has 0 bridgehead atoms. The van der Waals surface area contributed by atoms with Crippen LogP contribution in [0.15, 0.2) is 224 Å². The van der Waals surface area contributed by atoms with Gasteiger partial charge in [-0.15, -0.1) is 0 Å². The molecule has 0 aromatic heterocycles. The van der Waals surface area contributed by atoms with Gasteiger partial charge in [0.2, 0.25) is 0 Å². The number of hydrogen-bond acceptors (Lipinski definition) is 1. The monoisotopic (exact) mass is 720 g/mol. The van der Waals surface area contributed by atoms with Gasteiger partial charge in [-0.2, -0.15) is 0 Å². The van der Waals surface area contributed by atoms with Crippen molar-refractivity contribution in [1.82, 2.24) is 0 Å². The van der Waals surface area contributed by atoms with Gasteiger partial charge < -0.3 is 4.57 Å². The van der Waals surface area contributed by atoms with Crippen LogP contribution in [0.5, 0.6) is 0 Å². The van der Waals surface area contributed by atoms with Crippen LogP contribution in [0.2, 0.25) is 0 Å². The molecule has 0 fully saturated rings. The lowest BCUT2D eigenvalue weighted by molar-refractivity contribution is 0.592. The molecule has 1 nitrogen and oxygen atoms in total. The Hall–Kier alpha value is -6.53. The third-order valence-corrected chi connectivity index (χ3v) is 14.5. The maximum absolute atomic E-state index is 15.0. The fraction of sp³-hybridized carbons (Fsp3) is 0.0189. The molecule has 0 saturated heterocycles. The zero-order chi connectivity index (χ0) is 36.8. The molecule has 0 saturated carbocycles. The molecule has 0 radical (unpaired) electrons. The van der Waals surface area contributed by atoms with Crippen molar-refractivity contribution >= 4 is 55.4 Å². The first-order valence-corrected chi connectivity index (χ1v) is 20.6. The first kappa shape index (κ1) is 33.1. The van der Waals surface area contributed by atoms with Gasteiger partial charge in [0.1, 0.15) is 0 Å². The summed E-state index contributed by atoms with van der Waals surface area (Å²) >= 11 is 0. The van der Waals surface area contributed by atoms with E-state index in [0.717, 1.165) is 27.0 Å². The number of rotatable bonds is 8. The molecule has 55 heavy (non-hydrogen) atoms. The minimum absolute atomic E-state index is 0.618. The molecule has 10 aromatic rings. The highest BCUT2D eigenvalue weighted by Gasteiger charge is 2.40. The van der Waals surface area contributed by atoms with Crippen LogP contribution in [0.4, 0.5) is 0 Å². The lowest BCUT2D eigenvalue weighted by Gasteiger charge is -2.38. The van der Waals surface area contributed by atoms with Crippen LogP contribution in [0, 0.1) is 0 Å². The topological polar surface area (TPSA) is 17.1 Å². The minimum Gasteiger partial charge on any atom is -0.309 e. The molecular weight excluding hydrogens is 684 g/mol. The third-order valence-electron chi connectivity index (χ3n) is 11.4. The van der Waals surface area contributed by atoms with Crippen molar-refractivity contribution in [3.63, 3.8) is 0 Å². The Morgan fingerprint density at radius 2 is 0.745 bits per heavy atom. The molecule has 0 unspecified atom stereocenters. The van der Waals surface area contributed by atoms with E-state index < -0.39 is 12.6 Å². The molecule has 0 aliphatic rings. The molecule has 0 N–H and O–H groups in total. The second-order valence-electron chi connectivity index (χ2n) is 14.4. The molecule has 0 aliphatic carbocycles. The molecule has 10 aromatic carbocycles. The summed E-state index contributed by atoms with van der Waals surface area (Å²) in [5.41, 5.74) is 6.45. The van der Waals surface area contributed by atoms with Crippen LogP contribution in [-0.2, 0) is 9.98 Å². The molecule has 0 spiro atoms. The van der Waals surface area contributed by atoms with Crippen molar-refractivity contribution in [2.24, 2.45) is 0 Å². The maximum Gasteiger partial charge on any atom is 0.171 e. The van der Waals surface area contributed by atoms with Crippen molar-refractivity contribution in [2.75, 3.05) is 0 Å². The smallest absolute Gasteiger partial charge is 0.171 e. The van der Waals surface area contributed by atoms with Crippen molar-refractivity contribution in [3.05, 3.63) is 247 Å². The van der Waals surface area contributed by atoms with Gasteiger partial charge in [0, 0.05) is 15.9 Å². The van der Waals surface area contributed by atoms with Crippen LogP contribution < -0.4 is 15.9 Å². The first-order valence-electron chi connectivity index (χ1n) is 18.9. The largest absolute Gasteiger partial charge is 0.309 e. The summed E-state index contributed by atoms with van der Waals surface area (Å²) in [5, 5.41) is 10.1. The van der Waals surface area contributed by atoms with E-state index in [4.69, 9.17) is 0 Å². The van der Waals surface area contributed by atoms with E-state index in [9.17, 15) is 0 Å². The van der Waals surface area contributed by atoms with Gasteiger partial charge in [-0.05, 0) is 71.8 Å². The molecular formula is C53H37OP. The van der Waals surface area contributed by atoms with E-state index in [1.165, 1.54) is 54.6 Å². The summed E-state index contributed by atoms with van der Waals surface area (Å²) in [5.74, 6) is 0. The molecule has 10 rings (SSSR count). The average molecular weight is 721 g/mol. The van der Waals surface area contributed by atoms with Gasteiger partial charge in [-0.25, -0.2) is 0 Å². The van der Waals surface area contributed by atoms with Gasteiger partial charge in [0.25, 0.3) is 0 Å². The van der Waals surface area contributed by atoms with E-state index in [0.29, 0.717) is 0 Å². The lowest BCUT2D eigenvalue weighted by atomic mass is 9.63. The molecule has 0 heterocycles. The van der Waals surface area contributed by atoms with Gasteiger partial charge in [0.05, 0.1) is 5.41 Å². The second kappa shape index (κ2) is 13.4. The van der Waals surface area contributed by atoms with E-state index in [1.807, 2.05) is 72.8 Å². The second-order valence-corrected chi connectivity index (χ2v) is 17.1. The normalized spacial score (nSPS) is 12.1. The summed E-state index contributed by atoms with van der Waals surface area (Å²) in [6, 6.07) is 79.5. The highest BCUT2D eigenvalue weighted by Crippen LogP contribution is 2.50. The Kier molecular flexibility index (Phi) is 8.06. The Labute approximate surface area is 321 Å². The number of benzene rings is 10. The lowest BCUT2D eigenvalue weighted by Crippen LogP contribution is -2.31. The highest BCUT2D eigenvalue weighted by molar-refractivity contribution is 7.85. The fourth-order valence-corrected chi connectivity index (χ4v) is 11.6. The zero-order valence-corrected chi connectivity index (χ0v) is 31.1. The van der Waals surface area contributed by atoms with Gasteiger partial charge in [-0.1, -0.05) is 218 Å². The molecule has 0 atom stereocenters. The van der Waals surface area contributed by atoms with E-state index in [-0.39, 0.29) is 0 Å². The Morgan fingerprint density at radius 3 is 1.29 bits per heavy atom. The van der Waals surface area contributed by atoms with Crippen molar-refractivity contribution in [2.45, 2.75) is 5.41 Å². The van der Waals surface area contributed by atoms with Crippen molar-refractivity contribution in [3.8, 4) is 11.1 Å². The maximum atomic E-state index is 15.0. The van der Waals surface area contributed by atoms with Crippen molar-refractivity contribution in [1.29, 1.82) is 0 Å². The molecule has 2 heteroatoms. The summed E-state index contributed by atoms with van der Waals surface area (Å²) in [6.07, 6.45) is 0. The van der Waals surface area contributed by atoms with E-state index in [1.54, 1.807) is 0 Å². The summed E-state index contributed by atoms with van der Waals surface area (Å²) in [6.45, 7) is 0. The fourth-order valence-electron chi connectivity index (χ4n) is 8.91. The first-order chi connectivity index (χ1) is 27.2. The molecule has 0 amide bonds. The zero-order valence-electron chi connectivity index (χ0n) is 30.2. The quantitative estimate of drug-likeness (QED) is 0.0868. The standard InChI is InChI=1S/C53H37OP/c54-55(46-22-9-3-10-23-46,47-24-11-4-12-25-47)48-35-31-39(32-36-48)38-29-33-45(34-30-38)53(43-18-5-1-6-19-43,44-20-7-2-8-21-44)50-37-42-17-13-15-40-27-28-41-16-14-26-49(50)52(41)51(40)42/h1-37H. The van der Waals surface area contributed by atoms with Gasteiger partial charge in [0.15, 0.2) is 7.14 Å². The van der Waals surface area contributed by atoms with Crippen LogP contribution in [0.1, 0.15) is 22.3 Å². The summed E-state index contributed by atoms with van der Waals surface area (Å²) in [4.78, 5) is 0. The predicted molar refractivity (Wildman–Crippen MR) is 233 cm³/mol. The molecule has 260 valence electrons.